The summed E-state index contributed by atoms with van der Waals surface area (Å²) in [4.78, 5) is 2.48. The van der Waals surface area contributed by atoms with E-state index in [1.807, 2.05) is 6.07 Å². The number of fused-ring (bicyclic) bond motifs is 14. The lowest BCUT2D eigenvalue weighted by Gasteiger charge is -2.50. The van der Waals surface area contributed by atoms with Gasteiger partial charge in [-0.2, -0.15) is 0 Å². The van der Waals surface area contributed by atoms with Crippen LogP contribution in [-0.2, 0) is 5.41 Å². The molecular formula is C61H42N2OSi. The molecule has 0 fully saturated rings. The van der Waals surface area contributed by atoms with Gasteiger partial charge in [0.2, 0.25) is 0 Å². The Hall–Kier alpha value is -7.92. The molecule has 2 aromatic heterocycles. The Morgan fingerprint density at radius 3 is 1.92 bits per heavy atom. The van der Waals surface area contributed by atoms with E-state index in [9.17, 15) is 0 Å². The summed E-state index contributed by atoms with van der Waals surface area (Å²) in [5, 5.41) is 10.3. The molecule has 306 valence electrons. The molecule has 0 amide bonds. The van der Waals surface area contributed by atoms with Crippen LogP contribution in [0.3, 0.4) is 0 Å². The SMILES string of the molecule is C[Si]1(C)c2ccccc2C2(c3ccccc3-c3cccc4cccc2c34)c2ccc(N(c3ccc4oc5ccccc5c4c3)c3ccc4c5ccccc5n(-c5ccccc5)c4c3)cc21. The average molecular weight is 847 g/mol. The number of nitrogens with zero attached hydrogens (tertiary/aromatic N) is 2. The predicted molar refractivity (Wildman–Crippen MR) is 274 cm³/mol. The molecule has 0 saturated carbocycles. The molecule has 0 N–H and O–H groups in total. The minimum atomic E-state index is -2.35. The van der Waals surface area contributed by atoms with Crippen LogP contribution in [0.1, 0.15) is 22.3 Å². The number of hydrogen-bond acceptors (Lipinski definition) is 2. The summed E-state index contributed by atoms with van der Waals surface area (Å²) in [5.74, 6) is 0. The van der Waals surface area contributed by atoms with Crippen molar-refractivity contribution >= 4 is 90.0 Å². The molecule has 3 nitrogen and oxygen atoms in total. The van der Waals surface area contributed by atoms with Crippen molar-refractivity contribution < 1.29 is 4.42 Å². The molecule has 1 aliphatic heterocycles. The topological polar surface area (TPSA) is 21.3 Å². The van der Waals surface area contributed by atoms with Crippen LogP contribution in [-0.4, -0.2) is 12.6 Å². The molecule has 0 saturated heterocycles. The molecule has 65 heavy (non-hydrogen) atoms. The molecule has 10 aromatic carbocycles. The van der Waals surface area contributed by atoms with Crippen LogP contribution in [0.4, 0.5) is 17.1 Å². The number of aromatic nitrogens is 1. The summed E-state index contributed by atoms with van der Waals surface area (Å²) >= 11 is 0. The van der Waals surface area contributed by atoms with Gasteiger partial charge in [-0.1, -0.05) is 165 Å². The Kier molecular flexibility index (Phi) is 7.48. The Labute approximate surface area is 378 Å². The van der Waals surface area contributed by atoms with E-state index < -0.39 is 13.5 Å². The first-order chi connectivity index (χ1) is 32.0. The number of hydrogen-bond donors (Lipinski definition) is 0. The smallest absolute Gasteiger partial charge is 0.135 e. The predicted octanol–water partition coefficient (Wildman–Crippen LogP) is 14.8. The quantitative estimate of drug-likeness (QED) is 0.165. The molecule has 14 rings (SSSR count). The lowest BCUT2D eigenvalue weighted by atomic mass is 9.59. The number of furan rings is 1. The van der Waals surface area contributed by atoms with Crippen molar-refractivity contribution in [3.63, 3.8) is 0 Å². The Morgan fingerprint density at radius 2 is 1.03 bits per heavy atom. The highest BCUT2D eigenvalue weighted by atomic mass is 28.3. The number of benzene rings is 10. The van der Waals surface area contributed by atoms with E-state index in [0.29, 0.717) is 0 Å². The first-order valence-electron chi connectivity index (χ1n) is 22.7. The van der Waals surface area contributed by atoms with Crippen molar-refractivity contribution in [2.75, 3.05) is 4.90 Å². The van der Waals surface area contributed by atoms with Gasteiger partial charge in [-0.3, -0.25) is 0 Å². The first-order valence-corrected chi connectivity index (χ1v) is 25.7. The van der Waals surface area contributed by atoms with E-state index in [1.165, 1.54) is 76.3 Å². The normalized spacial score (nSPS) is 15.7. The summed E-state index contributed by atoms with van der Waals surface area (Å²) in [7, 11) is -2.35. The van der Waals surface area contributed by atoms with Crippen molar-refractivity contribution in [2.24, 2.45) is 0 Å². The van der Waals surface area contributed by atoms with Gasteiger partial charge >= 0.3 is 0 Å². The molecular weight excluding hydrogens is 805 g/mol. The van der Waals surface area contributed by atoms with Gasteiger partial charge in [0, 0.05) is 44.3 Å². The number of rotatable bonds is 4. The maximum atomic E-state index is 6.41. The standard InChI is InChI=1S/C61H42N2OSi/c1-65(2)58-29-13-10-25-51(58)61(50-24-9-6-20-44(50)48-23-14-16-39-17-15-26-53(61)60(39)48)52-34-31-43(38-59(52)65)62(41-32-35-57-49(36-41)47-22-8-12-28-56(47)64-57)42-30-33-46-45-21-7-11-27-54(45)63(55(46)37-42)40-18-4-3-5-19-40/h3-38H,1-2H3. The fourth-order valence-corrected chi connectivity index (χ4v) is 15.3. The van der Waals surface area contributed by atoms with E-state index in [2.05, 4.69) is 235 Å². The van der Waals surface area contributed by atoms with Crippen molar-refractivity contribution in [1.82, 2.24) is 4.57 Å². The molecule has 12 aromatic rings. The van der Waals surface area contributed by atoms with Gasteiger partial charge in [0.15, 0.2) is 0 Å². The van der Waals surface area contributed by atoms with Crippen LogP contribution < -0.4 is 15.3 Å². The number of para-hydroxylation sites is 3. The fourth-order valence-electron chi connectivity index (χ4n) is 12.1. The average Bonchev–Trinajstić information content (AvgIpc) is 3.90. The zero-order valence-electron chi connectivity index (χ0n) is 36.1. The second-order valence-electron chi connectivity index (χ2n) is 18.4. The summed E-state index contributed by atoms with van der Waals surface area (Å²) in [6.45, 7) is 5.12. The van der Waals surface area contributed by atoms with Gasteiger partial charge in [0.25, 0.3) is 0 Å². The summed E-state index contributed by atoms with van der Waals surface area (Å²) < 4.78 is 8.83. The molecule has 1 unspecified atom stereocenters. The highest BCUT2D eigenvalue weighted by Gasteiger charge is 2.52. The Morgan fingerprint density at radius 1 is 0.415 bits per heavy atom. The van der Waals surface area contributed by atoms with Crippen LogP contribution >= 0.6 is 0 Å². The maximum absolute atomic E-state index is 6.41. The molecule has 1 atom stereocenters. The van der Waals surface area contributed by atoms with Gasteiger partial charge in [-0.15, -0.1) is 0 Å². The summed E-state index contributed by atoms with van der Waals surface area (Å²) in [6, 6.07) is 81.5. The van der Waals surface area contributed by atoms with Crippen LogP contribution in [0.5, 0.6) is 0 Å². The van der Waals surface area contributed by atoms with E-state index in [4.69, 9.17) is 4.42 Å². The monoisotopic (exact) mass is 846 g/mol. The highest BCUT2D eigenvalue weighted by Crippen LogP contribution is 2.56. The van der Waals surface area contributed by atoms with Crippen molar-refractivity contribution in [3.05, 3.63) is 241 Å². The van der Waals surface area contributed by atoms with Gasteiger partial charge < -0.3 is 13.9 Å². The van der Waals surface area contributed by atoms with Gasteiger partial charge in [-0.05, 0) is 121 Å². The highest BCUT2D eigenvalue weighted by molar-refractivity contribution is 7.01. The van der Waals surface area contributed by atoms with Crippen molar-refractivity contribution in [2.45, 2.75) is 18.5 Å². The largest absolute Gasteiger partial charge is 0.456 e. The molecule has 1 aliphatic carbocycles. The van der Waals surface area contributed by atoms with Crippen LogP contribution in [0, 0.1) is 0 Å². The Balaban J connectivity index is 1.07. The fraction of sp³-hybridized carbons (Fsp3) is 0.0492. The molecule has 0 bridgehead atoms. The van der Waals surface area contributed by atoms with Crippen molar-refractivity contribution in [3.8, 4) is 16.8 Å². The maximum Gasteiger partial charge on any atom is 0.135 e. The molecule has 1 spiro atoms. The van der Waals surface area contributed by atoms with E-state index in [0.717, 1.165) is 44.7 Å². The summed E-state index contributed by atoms with van der Waals surface area (Å²) in [5.41, 5.74) is 16.2. The second-order valence-corrected chi connectivity index (χ2v) is 22.7. The lowest BCUT2D eigenvalue weighted by Crippen LogP contribution is -2.63. The van der Waals surface area contributed by atoms with Crippen LogP contribution in [0.2, 0.25) is 13.1 Å². The minimum Gasteiger partial charge on any atom is -0.456 e. The first kappa shape index (κ1) is 36.5. The lowest BCUT2D eigenvalue weighted by molar-refractivity contribution is 0.669. The second kappa shape index (κ2) is 13.3. The van der Waals surface area contributed by atoms with Crippen LogP contribution in [0.25, 0.3) is 71.3 Å². The van der Waals surface area contributed by atoms with E-state index in [1.54, 1.807) is 0 Å². The molecule has 4 heteroatoms. The third-order valence-electron chi connectivity index (χ3n) is 14.8. The zero-order chi connectivity index (χ0) is 43.0. The van der Waals surface area contributed by atoms with E-state index >= 15 is 0 Å². The summed E-state index contributed by atoms with van der Waals surface area (Å²) in [6.07, 6.45) is 0. The van der Waals surface area contributed by atoms with Crippen LogP contribution in [0.15, 0.2) is 223 Å². The van der Waals surface area contributed by atoms with Crippen molar-refractivity contribution in [1.29, 1.82) is 0 Å². The minimum absolute atomic E-state index is 0.508. The molecule has 0 radical (unpaired) electrons. The number of anilines is 3. The van der Waals surface area contributed by atoms with Gasteiger partial charge in [0.1, 0.15) is 19.2 Å². The molecule has 2 aliphatic rings. The third-order valence-corrected chi connectivity index (χ3v) is 18.4. The third kappa shape index (κ3) is 4.89. The Bertz CT molecular complexity index is 3950. The van der Waals surface area contributed by atoms with Gasteiger partial charge in [0.05, 0.1) is 16.4 Å². The van der Waals surface area contributed by atoms with E-state index in [-0.39, 0.29) is 0 Å². The molecule has 3 heterocycles. The van der Waals surface area contributed by atoms with Gasteiger partial charge in [-0.25, -0.2) is 0 Å². The zero-order valence-corrected chi connectivity index (χ0v) is 37.1.